The van der Waals surface area contributed by atoms with Gasteiger partial charge in [-0.3, -0.25) is 15.0 Å². The van der Waals surface area contributed by atoms with Crippen molar-refractivity contribution in [3.63, 3.8) is 0 Å². The van der Waals surface area contributed by atoms with Crippen molar-refractivity contribution in [2.45, 2.75) is 46.8 Å². The van der Waals surface area contributed by atoms with Crippen LogP contribution >= 0.6 is 0 Å². The molecule has 1 saturated heterocycles. The Bertz CT molecular complexity index is 750. The zero-order chi connectivity index (χ0) is 19.9. The SMILES string of the molecule is CC.Cc1ccccc1C(=N)N1CCN(Cc2cc3n(n2)CCCNC3)CC1. The highest BCUT2D eigenvalue weighted by molar-refractivity contribution is 5.97. The van der Waals surface area contributed by atoms with Crippen molar-refractivity contribution in [1.82, 2.24) is 24.9 Å². The van der Waals surface area contributed by atoms with Crippen molar-refractivity contribution < 1.29 is 0 Å². The maximum atomic E-state index is 8.55. The summed E-state index contributed by atoms with van der Waals surface area (Å²) in [6, 6.07) is 10.4. The molecule has 0 amide bonds. The highest BCUT2D eigenvalue weighted by Gasteiger charge is 2.22. The van der Waals surface area contributed by atoms with E-state index in [-0.39, 0.29) is 0 Å². The highest BCUT2D eigenvalue weighted by Crippen LogP contribution is 2.15. The lowest BCUT2D eigenvalue weighted by Gasteiger charge is -2.36. The molecule has 1 aromatic heterocycles. The molecule has 0 bridgehead atoms. The van der Waals surface area contributed by atoms with Gasteiger partial charge >= 0.3 is 0 Å². The second-order valence-corrected chi connectivity index (χ2v) is 7.31. The van der Waals surface area contributed by atoms with Crippen LogP contribution in [0.5, 0.6) is 0 Å². The first-order chi connectivity index (χ1) is 13.7. The number of benzene rings is 1. The van der Waals surface area contributed by atoms with E-state index in [2.05, 4.69) is 44.9 Å². The zero-order valence-electron chi connectivity index (χ0n) is 17.5. The molecule has 28 heavy (non-hydrogen) atoms. The lowest BCUT2D eigenvalue weighted by Crippen LogP contribution is -2.48. The van der Waals surface area contributed by atoms with E-state index in [1.165, 1.54) is 17.0 Å². The molecule has 0 saturated carbocycles. The molecule has 0 atom stereocenters. The predicted octanol–water partition coefficient (Wildman–Crippen LogP) is 2.85. The second kappa shape index (κ2) is 9.85. The molecule has 2 N–H and O–H groups in total. The van der Waals surface area contributed by atoms with Gasteiger partial charge in [-0.2, -0.15) is 5.10 Å². The largest absolute Gasteiger partial charge is 0.354 e. The molecule has 3 heterocycles. The quantitative estimate of drug-likeness (QED) is 0.633. The Hall–Kier alpha value is -2.18. The van der Waals surface area contributed by atoms with Gasteiger partial charge in [-0.05, 0) is 31.5 Å². The first-order valence-corrected chi connectivity index (χ1v) is 10.6. The molecule has 2 aliphatic rings. The summed E-state index contributed by atoms with van der Waals surface area (Å²) in [4.78, 5) is 4.66. The number of hydrogen-bond acceptors (Lipinski definition) is 4. The Balaban J connectivity index is 0.00000109. The molecule has 1 aromatic carbocycles. The van der Waals surface area contributed by atoms with Crippen molar-refractivity contribution in [1.29, 1.82) is 5.41 Å². The van der Waals surface area contributed by atoms with Crippen LogP contribution in [0, 0.1) is 12.3 Å². The van der Waals surface area contributed by atoms with E-state index in [0.29, 0.717) is 5.84 Å². The van der Waals surface area contributed by atoms with Gasteiger partial charge in [0.1, 0.15) is 5.84 Å². The minimum absolute atomic E-state index is 0.655. The fraction of sp³-hybridized carbons (Fsp3) is 0.545. The summed E-state index contributed by atoms with van der Waals surface area (Å²) >= 11 is 0. The Morgan fingerprint density at radius 3 is 2.61 bits per heavy atom. The number of aryl methyl sites for hydroxylation is 2. The molecule has 2 aliphatic heterocycles. The monoisotopic (exact) mass is 382 g/mol. The van der Waals surface area contributed by atoms with Gasteiger partial charge < -0.3 is 10.2 Å². The van der Waals surface area contributed by atoms with Crippen LogP contribution < -0.4 is 5.32 Å². The Morgan fingerprint density at radius 2 is 1.86 bits per heavy atom. The van der Waals surface area contributed by atoms with E-state index in [1.807, 2.05) is 26.0 Å². The third-order valence-corrected chi connectivity index (χ3v) is 5.42. The van der Waals surface area contributed by atoms with E-state index in [9.17, 15) is 0 Å². The van der Waals surface area contributed by atoms with Crippen molar-refractivity contribution in [3.8, 4) is 0 Å². The van der Waals surface area contributed by atoms with E-state index in [1.54, 1.807) is 0 Å². The van der Waals surface area contributed by atoms with Gasteiger partial charge in [-0.25, -0.2) is 0 Å². The predicted molar refractivity (Wildman–Crippen MR) is 115 cm³/mol. The van der Waals surface area contributed by atoms with E-state index in [4.69, 9.17) is 10.5 Å². The fourth-order valence-corrected chi connectivity index (χ4v) is 3.87. The van der Waals surface area contributed by atoms with Crippen LogP contribution in [0.15, 0.2) is 30.3 Å². The zero-order valence-corrected chi connectivity index (χ0v) is 17.5. The molecule has 0 aliphatic carbocycles. The number of amidine groups is 1. The van der Waals surface area contributed by atoms with Crippen LogP contribution in [0.4, 0.5) is 0 Å². The molecule has 4 rings (SSSR count). The van der Waals surface area contributed by atoms with Crippen LogP contribution in [-0.4, -0.2) is 58.1 Å². The number of hydrogen-bond donors (Lipinski definition) is 2. The summed E-state index contributed by atoms with van der Waals surface area (Å²) in [6.45, 7) is 13.8. The van der Waals surface area contributed by atoms with Crippen LogP contribution in [0.3, 0.4) is 0 Å². The molecular formula is C22H34N6. The lowest BCUT2D eigenvalue weighted by molar-refractivity contribution is 0.173. The van der Waals surface area contributed by atoms with Gasteiger partial charge in [0, 0.05) is 51.4 Å². The molecule has 1 fully saturated rings. The summed E-state index contributed by atoms with van der Waals surface area (Å²) in [6.07, 6.45) is 1.15. The standard InChI is InChI=1S/C20H28N6.C2H6/c1-16-5-2-3-6-19(16)20(21)25-11-9-24(10-12-25)15-17-13-18-14-22-7-4-8-26(18)23-17;1-2/h2-3,5-6,13,21-22H,4,7-12,14-15H2,1H3;1-2H3. The summed E-state index contributed by atoms with van der Waals surface area (Å²) in [5, 5.41) is 16.8. The summed E-state index contributed by atoms with van der Waals surface area (Å²) in [5.41, 5.74) is 4.70. The van der Waals surface area contributed by atoms with Gasteiger partial charge in [0.25, 0.3) is 0 Å². The lowest BCUT2D eigenvalue weighted by atomic mass is 10.1. The smallest absolute Gasteiger partial charge is 0.128 e. The first kappa shape index (κ1) is 20.6. The molecule has 2 aromatic rings. The van der Waals surface area contributed by atoms with Gasteiger partial charge in [-0.1, -0.05) is 38.1 Å². The maximum Gasteiger partial charge on any atom is 0.128 e. The fourth-order valence-electron chi connectivity index (χ4n) is 3.87. The van der Waals surface area contributed by atoms with E-state index < -0.39 is 0 Å². The number of piperazine rings is 1. The first-order valence-electron chi connectivity index (χ1n) is 10.6. The average molecular weight is 383 g/mol. The minimum Gasteiger partial charge on any atom is -0.354 e. The maximum absolute atomic E-state index is 8.55. The third kappa shape index (κ3) is 4.80. The van der Waals surface area contributed by atoms with Crippen LogP contribution in [0.25, 0.3) is 0 Å². The van der Waals surface area contributed by atoms with Crippen LogP contribution in [0.2, 0.25) is 0 Å². The highest BCUT2D eigenvalue weighted by atomic mass is 15.3. The minimum atomic E-state index is 0.655. The van der Waals surface area contributed by atoms with Crippen molar-refractivity contribution in [3.05, 3.63) is 52.8 Å². The molecule has 0 unspecified atom stereocenters. The molecule has 0 spiro atoms. The molecule has 6 heteroatoms. The Morgan fingerprint density at radius 1 is 1.11 bits per heavy atom. The Labute approximate surface area is 169 Å². The number of rotatable bonds is 3. The number of fused-ring (bicyclic) bond motifs is 1. The van der Waals surface area contributed by atoms with Gasteiger partial charge in [0.05, 0.1) is 11.4 Å². The van der Waals surface area contributed by atoms with Crippen molar-refractivity contribution in [2.24, 2.45) is 0 Å². The molecular weight excluding hydrogens is 348 g/mol. The second-order valence-electron chi connectivity index (χ2n) is 7.31. The normalized spacial score (nSPS) is 17.3. The third-order valence-electron chi connectivity index (χ3n) is 5.42. The van der Waals surface area contributed by atoms with Gasteiger partial charge in [0.15, 0.2) is 0 Å². The van der Waals surface area contributed by atoms with E-state index >= 15 is 0 Å². The van der Waals surface area contributed by atoms with Crippen molar-refractivity contribution in [2.75, 3.05) is 32.7 Å². The topological polar surface area (TPSA) is 60.2 Å². The van der Waals surface area contributed by atoms with Crippen LogP contribution in [-0.2, 0) is 19.6 Å². The number of nitrogens with zero attached hydrogens (tertiary/aromatic N) is 4. The van der Waals surface area contributed by atoms with E-state index in [0.717, 1.165) is 64.3 Å². The summed E-state index contributed by atoms with van der Waals surface area (Å²) in [5.74, 6) is 0.655. The summed E-state index contributed by atoms with van der Waals surface area (Å²) in [7, 11) is 0. The molecule has 6 nitrogen and oxygen atoms in total. The number of nitrogens with one attached hydrogen (secondary N) is 2. The Kier molecular flexibility index (Phi) is 7.23. The molecule has 152 valence electrons. The average Bonchev–Trinajstić information content (AvgIpc) is 2.98. The van der Waals surface area contributed by atoms with Gasteiger partial charge in [0.2, 0.25) is 0 Å². The van der Waals surface area contributed by atoms with Gasteiger partial charge in [-0.15, -0.1) is 0 Å². The molecule has 0 radical (unpaired) electrons. The number of aromatic nitrogens is 2. The van der Waals surface area contributed by atoms with Crippen LogP contribution in [0.1, 0.15) is 42.8 Å². The summed E-state index contributed by atoms with van der Waals surface area (Å²) < 4.78 is 2.17. The van der Waals surface area contributed by atoms with Crippen molar-refractivity contribution >= 4 is 5.84 Å².